The molecular formula is C24H25ClN4O4. The van der Waals surface area contributed by atoms with E-state index in [9.17, 15) is 9.59 Å². The predicted molar refractivity (Wildman–Crippen MR) is 125 cm³/mol. The predicted octanol–water partition coefficient (Wildman–Crippen LogP) is 3.67. The Labute approximate surface area is 196 Å². The van der Waals surface area contributed by atoms with Gasteiger partial charge in [0, 0.05) is 29.1 Å². The monoisotopic (exact) mass is 468 g/mol. The van der Waals surface area contributed by atoms with Crippen LogP contribution in [0.4, 0.5) is 5.82 Å². The Hall–Kier alpha value is -3.52. The number of nitrogens with one attached hydrogen (secondary N) is 2. The molecule has 33 heavy (non-hydrogen) atoms. The molecule has 1 aliphatic rings. The largest absolute Gasteiger partial charge is 0.493 e. The molecule has 2 amide bonds. The van der Waals surface area contributed by atoms with Crippen molar-refractivity contribution in [2.75, 3.05) is 19.0 Å². The average molecular weight is 469 g/mol. The van der Waals surface area contributed by atoms with Crippen LogP contribution in [-0.2, 0) is 11.8 Å². The van der Waals surface area contributed by atoms with Gasteiger partial charge >= 0.3 is 0 Å². The van der Waals surface area contributed by atoms with E-state index in [0.29, 0.717) is 34.5 Å². The smallest absolute Gasteiger partial charge is 0.251 e. The summed E-state index contributed by atoms with van der Waals surface area (Å²) >= 11 is 5.95. The van der Waals surface area contributed by atoms with E-state index < -0.39 is 12.0 Å². The first kappa shape index (κ1) is 22.7. The number of benzene rings is 2. The van der Waals surface area contributed by atoms with Gasteiger partial charge in [0.15, 0.2) is 11.5 Å². The van der Waals surface area contributed by atoms with E-state index >= 15 is 0 Å². The maximum absolute atomic E-state index is 13.2. The molecule has 2 atom stereocenters. The van der Waals surface area contributed by atoms with Crippen molar-refractivity contribution < 1.29 is 19.1 Å². The van der Waals surface area contributed by atoms with Gasteiger partial charge in [-0.3, -0.25) is 14.3 Å². The molecule has 8 nitrogen and oxygen atoms in total. The maximum atomic E-state index is 13.2. The number of hydrogen-bond donors (Lipinski definition) is 2. The number of fused-ring (bicyclic) bond motifs is 1. The normalized spacial score (nSPS) is 17.2. The number of hydrogen-bond acceptors (Lipinski definition) is 5. The van der Waals surface area contributed by atoms with Gasteiger partial charge in [0.05, 0.1) is 19.4 Å². The van der Waals surface area contributed by atoms with E-state index in [1.54, 1.807) is 43.1 Å². The first-order valence-corrected chi connectivity index (χ1v) is 10.9. The van der Waals surface area contributed by atoms with Crippen molar-refractivity contribution in [1.29, 1.82) is 0 Å². The summed E-state index contributed by atoms with van der Waals surface area (Å²) in [7, 11) is 3.34. The molecule has 1 aromatic heterocycles. The van der Waals surface area contributed by atoms with Gasteiger partial charge in [-0.05, 0) is 55.8 Å². The zero-order chi connectivity index (χ0) is 23.7. The highest BCUT2D eigenvalue weighted by Gasteiger charge is 2.41. The lowest BCUT2D eigenvalue weighted by atomic mass is 9.81. The van der Waals surface area contributed by atoms with Crippen molar-refractivity contribution in [3.8, 4) is 11.5 Å². The molecule has 2 heterocycles. The topological polar surface area (TPSA) is 94.5 Å². The van der Waals surface area contributed by atoms with Crippen molar-refractivity contribution >= 4 is 29.2 Å². The van der Waals surface area contributed by atoms with Crippen LogP contribution in [0, 0.1) is 6.92 Å². The first-order chi connectivity index (χ1) is 15.8. The molecule has 1 aliphatic heterocycles. The van der Waals surface area contributed by atoms with Gasteiger partial charge in [-0.25, -0.2) is 0 Å². The Morgan fingerprint density at radius 1 is 1.21 bits per heavy atom. The number of ether oxygens (including phenoxy) is 2. The number of aryl methyl sites for hydroxylation is 2. The quantitative estimate of drug-likeness (QED) is 0.575. The number of aromatic nitrogens is 2. The van der Waals surface area contributed by atoms with Crippen LogP contribution in [0.5, 0.6) is 11.5 Å². The molecule has 0 bridgehead atoms. The van der Waals surface area contributed by atoms with Crippen molar-refractivity contribution in [3.05, 3.63) is 69.9 Å². The van der Waals surface area contributed by atoms with Gasteiger partial charge in [0.1, 0.15) is 11.9 Å². The summed E-state index contributed by atoms with van der Waals surface area (Å²) in [6.45, 7) is 4.27. The van der Waals surface area contributed by atoms with Gasteiger partial charge in [0.2, 0.25) is 5.91 Å². The molecule has 0 unspecified atom stereocenters. The van der Waals surface area contributed by atoms with Gasteiger partial charge in [-0.2, -0.15) is 5.10 Å². The summed E-state index contributed by atoms with van der Waals surface area (Å²) < 4.78 is 12.8. The van der Waals surface area contributed by atoms with E-state index in [2.05, 4.69) is 15.7 Å². The lowest BCUT2D eigenvalue weighted by Crippen LogP contribution is -2.50. The summed E-state index contributed by atoms with van der Waals surface area (Å²) in [5, 5.41) is 10.8. The number of anilines is 1. The maximum Gasteiger partial charge on any atom is 0.251 e. The highest BCUT2D eigenvalue weighted by atomic mass is 35.5. The van der Waals surface area contributed by atoms with Crippen LogP contribution in [0.25, 0.3) is 0 Å². The fourth-order valence-electron chi connectivity index (χ4n) is 4.19. The van der Waals surface area contributed by atoms with E-state index in [0.717, 1.165) is 16.8 Å². The summed E-state index contributed by atoms with van der Waals surface area (Å²) in [5.41, 5.74) is 2.80. The standard InChI is InChI=1S/C24H25ClN4O4/c1-5-33-17-11-8-15(12-18(17)32-4)20-19-13(2)28-29(3)22(19)27-24(31)21(20)26-23(30)14-6-9-16(25)10-7-14/h6-12,20-21H,5H2,1-4H3,(H,26,30)(H,27,31)/t20-,21-/m0/s1. The zero-order valence-corrected chi connectivity index (χ0v) is 19.6. The molecule has 172 valence electrons. The summed E-state index contributed by atoms with van der Waals surface area (Å²) in [6, 6.07) is 11.2. The van der Waals surface area contributed by atoms with Gasteiger partial charge in [0.25, 0.3) is 5.91 Å². The number of amides is 2. The second kappa shape index (κ2) is 9.15. The first-order valence-electron chi connectivity index (χ1n) is 10.6. The van der Waals surface area contributed by atoms with Crippen LogP contribution in [0.15, 0.2) is 42.5 Å². The summed E-state index contributed by atoms with van der Waals surface area (Å²) in [6.07, 6.45) is 0. The third-order valence-electron chi connectivity index (χ3n) is 5.68. The second-order valence-electron chi connectivity index (χ2n) is 7.74. The minimum atomic E-state index is -0.869. The molecule has 0 radical (unpaired) electrons. The Morgan fingerprint density at radius 3 is 2.61 bits per heavy atom. The average Bonchev–Trinajstić information content (AvgIpc) is 3.08. The number of carbonyl (C=O) groups is 2. The minimum Gasteiger partial charge on any atom is -0.493 e. The van der Waals surface area contributed by atoms with Gasteiger partial charge < -0.3 is 20.1 Å². The summed E-state index contributed by atoms with van der Waals surface area (Å²) in [5.74, 6) is 0.570. The van der Waals surface area contributed by atoms with Crippen molar-refractivity contribution in [2.24, 2.45) is 7.05 Å². The van der Waals surface area contributed by atoms with E-state index in [4.69, 9.17) is 21.1 Å². The zero-order valence-electron chi connectivity index (χ0n) is 18.8. The van der Waals surface area contributed by atoms with Crippen LogP contribution in [0.1, 0.15) is 40.0 Å². The third-order valence-corrected chi connectivity index (χ3v) is 5.93. The molecule has 0 spiro atoms. The fraction of sp³-hybridized carbons (Fsp3) is 0.292. The van der Waals surface area contributed by atoms with Gasteiger partial charge in [-0.15, -0.1) is 0 Å². The Morgan fingerprint density at radius 2 is 1.94 bits per heavy atom. The van der Waals surface area contributed by atoms with Crippen LogP contribution in [-0.4, -0.2) is 41.4 Å². The van der Waals surface area contributed by atoms with Crippen LogP contribution in [0.2, 0.25) is 5.02 Å². The number of halogens is 1. The number of rotatable bonds is 6. The SMILES string of the molecule is CCOc1ccc([C@H]2c3c(C)nn(C)c3NC(=O)[C@H]2NC(=O)c2ccc(Cl)cc2)cc1OC. The molecule has 2 aromatic carbocycles. The van der Waals surface area contributed by atoms with Crippen LogP contribution >= 0.6 is 11.6 Å². The molecular weight excluding hydrogens is 444 g/mol. The molecule has 9 heteroatoms. The molecule has 3 aromatic rings. The fourth-order valence-corrected chi connectivity index (χ4v) is 4.32. The van der Waals surface area contributed by atoms with Gasteiger partial charge in [-0.1, -0.05) is 17.7 Å². The second-order valence-corrected chi connectivity index (χ2v) is 8.18. The van der Waals surface area contributed by atoms with Crippen molar-refractivity contribution in [2.45, 2.75) is 25.8 Å². The van der Waals surface area contributed by atoms with E-state index in [1.807, 2.05) is 32.0 Å². The summed E-state index contributed by atoms with van der Waals surface area (Å²) in [4.78, 5) is 26.2. The Kier molecular flexibility index (Phi) is 6.29. The van der Waals surface area contributed by atoms with Crippen molar-refractivity contribution in [1.82, 2.24) is 15.1 Å². The van der Waals surface area contributed by atoms with Crippen molar-refractivity contribution in [3.63, 3.8) is 0 Å². The Balaban J connectivity index is 1.79. The van der Waals surface area contributed by atoms with E-state index in [1.165, 1.54) is 0 Å². The molecule has 0 saturated carbocycles. The van der Waals surface area contributed by atoms with Crippen LogP contribution < -0.4 is 20.1 Å². The molecule has 4 rings (SSSR count). The molecule has 0 saturated heterocycles. The number of methoxy groups -OCH3 is 1. The Bertz CT molecular complexity index is 1210. The van der Waals surface area contributed by atoms with Crippen LogP contribution in [0.3, 0.4) is 0 Å². The highest BCUT2D eigenvalue weighted by molar-refractivity contribution is 6.30. The number of carbonyl (C=O) groups excluding carboxylic acids is 2. The minimum absolute atomic E-state index is 0.328. The molecule has 0 aliphatic carbocycles. The lowest BCUT2D eigenvalue weighted by Gasteiger charge is -2.33. The molecule has 2 N–H and O–H groups in total. The third kappa shape index (κ3) is 4.26. The lowest BCUT2D eigenvalue weighted by molar-refractivity contribution is -0.118. The highest BCUT2D eigenvalue weighted by Crippen LogP contribution is 2.41. The van der Waals surface area contributed by atoms with E-state index in [-0.39, 0.29) is 11.8 Å². The number of nitrogens with zero attached hydrogens (tertiary/aromatic N) is 2. The molecule has 0 fully saturated rings.